The van der Waals surface area contributed by atoms with Crippen LogP contribution in [0.1, 0.15) is 11.1 Å². The number of nitrogens with zero attached hydrogens (tertiary/aromatic N) is 1. The quantitative estimate of drug-likeness (QED) is 0.667. The van der Waals surface area contributed by atoms with Gasteiger partial charge in [0.25, 0.3) is 0 Å². The minimum absolute atomic E-state index is 0.0439. The molecule has 0 amide bonds. The van der Waals surface area contributed by atoms with Gasteiger partial charge in [-0.2, -0.15) is 0 Å². The summed E-state index contributed by atoms with van der Waals surface area (Å²) in [5.74, 6) is 0.578. The molecular formula is C8H10NO3S-. The molecule has 0 aromatic carbocycles. The van der Waals surface area contributed by atoms with Crippen LogP contribution in [0.3, 0.4) is 0 Å². The van der Waals surface area contributed by atoms with Gasteiger partial charge in [0.2, 0.25) is 0 Å². The van der Waals surface area contributed by atoms with Crippen LogP contribution < -0.4 is 4.74 Å². The molecule has 0 N–H and O–H groups in total. The minimum atomic E-state index is -2.30. The SMILES string of the molecule is COc1c(C)cnc(S(=O)[O-])c1C. The van der Waals surface area contributed by atoms with Crippen molar-refractivity contribution in [3.8, 4) is 5.75 Å². The molecule has 72 valence electrons. The Hall–Kier alpha value is -0.940. The predicted molar refractivity (Wildman–Crippen MR) is 47.4 cm³/mol. The topological polar surface area (TPSA) is 62.2 Å². The molecule has 0 aliphatic rings. The van der Waals surface area contributed by atoms with E-state index in [1.165, 1.54) is 13.3 Å². The molecule has 0 radical (unpaired) electrons. The molecule has 13 heavy (non-hydrogen) atoms. The normalized spacial score (nSPS) is 12.6. The van der Waals surface area contributed by atoms with E-state index >= 15 is 0 Å². The van der Waals surface area contributed by atoms with Gasteiger partial charge in [-0.15, -0.1) is 0 Å². The van der Waals surface area contributed by atoms with Crippen LogP contribution in [0.2, 0.25) is 0 Å². The molecule has 0 aliphatic carbocycles. The molecule has 1 heterocycles. The average Bonchev–Trinajstić information content (AvgIpc) is 2.04. The molecule has 0 spiro atoms. The molecule has 0 bridgehead atoms. The Balaban J connectivity index is 3.35. The van der Waals surface area contributed by atoms with Crippen LogP contribution in [0.5, 0.6) is 5.75 Å². The van der Waals surface area contributed by atoms with Gasteiger partial charge in [-0.25, -0.2) is 4.98 Å². The van der Waals surface area contributed by atoms with E-state index in [0.717, 1.165) is 5.56 Å². The molecule has 1 rings (SSSR count). The van der Waals surface area contributed by atoms with Gasteiger partial charge < -0.3 is 9.29 Å². The Morgan fingerprint density at radius 2 is 2.15 bits per heavy atom. The first-order valence-electron chi connectivity index (χ1n) is 3.67. The van der Waals surface area contributed by atoms with Crippen molar-refractivity contribution in [2.75, 3.05) is 7.11 Å². The number of hydrogen-bond donors (Lipinski definition) is 0. The maximum absolute atomic E-state index is 10.7. The first-order valence-corrected chi connectivity index (χ1v) is 4.75. The van der Waals surface area contributed by atoms with Gasteiger partial charge in [0.15, 0.2) is 0 Å². The molecule has 1 atom stereocenters. The Morgan fingerprint density at radius 3 is 2.62 bits per heavy atom. The Morgan fingerprint density at radius 1 is 1.54 bits per heavy atom. The lowest BCUT2D eigenvalue weighted by Crippen LogP contribution is -2.01. The summed E-state index contributed by atoms with van der Waals surface area (Å²) >= 11 is -2.30. The fraction of sp³-hybridized carbons (Fsp3) is 0.375. The smallest absolute Gasteiger partial charge is 0.128 e. The van der Waals surface area contributed by atoms with Crippen LogP contribution in [0.25, 0.3) is 0 Å². The molecule has 0 fully saturated rings. The monoisotopic (exact) mass is 200 g/mol. The second kappa shape index (κ2) is 3.85. The van der Waals surface area contributed by atoms with E-state index in [-0.39, 0.29) is 5.03 Å². The molecule has 1 aromatic rings. The van der Waals surface area contributed by atoms with Crippen molar-refractivity contribution in [3.05, 3.63) is 17.3 Å². The lowest BCUT2D eigenvalue weighted by molar-refractivity contribution is 0.405. The Kier molecular flexibility index (Phi) is 3.00. The van der Waals surface area contributed by atoms with Gasteiger partial charge in [0.05, 0.1) is 7.11 Å². The summed E-state index contributed by atoms with van der Waals surface area (Å²) in [6.45, 7) is 3.49. The van der Waals surface area contributed by atoms with Gasteiger partial charge in [-0.1, -0.05) is 0 Å². The molecule has 5 heteroatoms. The maximum atomic E-state index is 10.7. The summed E-state index contributed by atoms with van der Waals surface area (Å²) in [6, 6.07) is 0. The first-order chi connectivity index (χ1) is 6.07. The zero-order valence-electron chi connectivity index (χ0n) is 7.66. The van der Waals surface area contributed by atoms with Crippen LogP contribution in [0.4, 0.5) is 0 Å². The van der Waals surface area contributed by atoms with Crippen LogP contribution in [0, 0.1) is 13.8 Å². The number of aryl methyl sites for hydroxylation is 1. The van der Waals surface area contributed by atoms with E-state index in [9.17, 15) is 8.76 Å². The second-order valence-electron chi connectivity index (χ2n) is 2.64. The molecule has 4 nitrogen and oxygen atoms in total. The van der Waals surface area contributed by atoms with E-state index in [0.29, 0.717) is 11.3 Å². The van der Waals surface area contributed by atoms with E-state index < -0.39 is 11.1 Å². The number of methoxy groups -OCH3 is 1. The zero-order chi connectivity index (χ0) is 10.0. The van der Waals surface area contributed by atoms with Gasteiger partial charge in [0.1, 0.15) is 10.8 Å². The highest BCUT2D eigenvalue weighted by Crippen LogP contribution is 2.24. The third kappa shape index (κ3) is 1.87. The van der Waals surface area contributed by atoms with E-state index in [1.807, 2.05) is 6.92 Å². The number of aromatic nitrogens is 1. The highest BCUT2D eigenvalue weighted by atomic mass is 32.2. The lowest BCUT2D eigenvalue weighted by atomic mass is 10.2. The van der Waals surface area contributed by atoms with Gasteiger partial charge in [0, 0.05) is 17.3 Å². The third-order valence-electron chi connectivity index (χ3n) is 1.76. The van der Waals surface area contributed by atoms with Crippen molar-refractivity contribution in [2.45, 2.75) is 18.9 Å². The number of hydrogen-bond acceptors (Lipinski definition) is 4. The number of ether oxygens (including phenoxy) is 1. The van der Waals surface area contributed by atoms with Gasteiger partial charge in [-0.05, 0) is 24.9 Å². The van der Waals surface area contributed by atoms with Crippen molar-refractivity contribution in [3.63, 3.8) is 0 Å². The predicted octanol–water partition coefficient (Wildman–Crippen LogP) is 0.945. The van der Waals surface area contributed by atoms with Crippen LogP contribution in [-0.4, -0.2) is 20.9 Å². The molecule has 0 saturated heterocycles. The molecule has 1 unspecified atom stereocenters. The van der Waals surface area contributed by atoms with Gasteiger partial charge in [-0.3, -0.25) is 4.21 Å². The Labute approximate surface area is 79.2 Å². The summed E-state index contributed by atoms with van der Waals surface area (Å²) in [5.41, 5.74) is 1.38. The Bertz CT molecular complexity index is 351. The van der Waals surface area contributed by atoms with Crippen LogP contribution in [0.15, 0.2) is 11.2 Å². The number of rotatable bonds is 2. The highest BCUT2D eigenvalue weighted by molar-refractivity contribution is 7.79. The summed E-state index contributed by atoms with van der Waals surface area (Å²) in [4.78, 5) is 3.79. The van der Waals surface area contributed by atoms with E-state index in [1.54, 1.807) is 6.92 Å². The van der Waals surface area contributed by atoms with E-state index in [2.05, 4.69) is 4.98 Å². The lowest BCUT2D eigenvalue weighted by Gasteiger charge is -2.13. The van der Waals surface area contributed by atoms with Crippen molar-refractivity contribution >= 4 is 11.1 Å². The molecule has 1 aromatic heterocycles. The second-order valence-corrected chi connectivity index (χ2v) is 3.50. The van der Waals surface area contributed by atoms with Crippen LogP contribution >= 0.6 is 0 Å². The molecule has 0 saturated carbocycles. The minimum Gasteiger partial charge on any atom is -0.767 e. The molecular weight excluding hydrogens is 190 g/mol. The van der Waals surface area contributed by atoms with Gasteiger partial charge >= 0.3 is 0 Å². The van der Waals surface area contributed by atoms with Crippen LogP contribution in [-0.2, 0) is 11.1 Å². The standard InChI is InChI=1S/C8H11NO3S/c1-5-4-9-8(13(10)11)6(2)7(5)12-3/h4H,1-3H3,(H,10,11)/p-1. The summed E-state index contributed by atoms with van der Waals surface area (Å²) < 4.78 is 26.4. The fourth-order valence-corrected chi connectivity index (χ4v) is 1.67. The molecule has 0 aliphatic heterocycles. The number of pyridine rings is 1. The van der Waals surface area contributed by atoms with Crippen molar-refractivity contribution < 1.29 is 13.5 Å². The van der Waals surface area contributed by atoms with Crippen molar-refractivity contribution in [1.82, 2.24) is 4.98 Å². The summed E-state index contributed by atoms with van der Waals surface area (Å²) in [5, 5.41) is 0.0439. The van der Waals surface area contributed by atoms with E-state index in [4.69, 9.17) is 4.74 Å². The summed E-state index contributed by atoms with van der Waals surface area (Å²) in [7, 11) is 1.51. The summed E-state index contributed by atoms with van der Waals surface area (Å²) in [6.07, 6.45) is 1.48. The van der Waals surface area contributed by atoms with Crippen molar-refractivity contribution in [2.24, 2.45) is 0 Å². The third-order valence-corrected chi connectivity index (χ3v) is 2.48. The zero-order valence-corrected chi connectivity index (χ0v) is 8.47. The maximum Gasteiger partial charge on any atom is 0.128 e. The highest BCUT2D eigenvalue weighted by Gasteiger charge is 2.08. The first kappa shape index (κ1) is 10.1. The fourth-order valence-electron chi connectivity index (χ4n) is 1.19. The largest absolute Gasteiger partial charge is 0.767 e. The average molecular weight is 200 g/mol. The van der Waals surface area contributed by atoms with Crippen molar-refractivity contribution in [1.29, 1.82) is 0 Å².